The van der Waals surface area contributed by atoms with Gasteiger partial charge in [-0.25, -0.2) is 4.79 Å². The lowest BCUT2D eigenvalue weighted by Crippen LogP contribution is -2.07. The maximum Gasteiger partial charge on any atom is 0.352 e. The molecule has 5 heteroatoms. The number of nitriles is 1. The Labute approximate surface area is 75.5 Å². The summed E-state index contributed by atoms with van der Waals surface area (Å²) in [5, 5.41) is 8.43. The lowest BCUT2D eigenvalue weighted by atomic mass is 10.3. The van der Waals surface area contributed by atoms with Gasteiger partial charge in [-0.1, -0.05) is 0 Å². The van der Waals surface area contributed by atoms with Crippen molar-refractivity contribution in [3.05, 3.63) is 11.8 Å². The van der Waals surface area contributed by atoms with E-state index in [1.54, 1.807) is 13.0 Å². The lowest BCUT2D eigenvalue weighted by Gasteiger charge is -1.98. The molecule has 0 fully saturated rings. The molecule has 0 atom stereocenters. The Kier molecular flexibility index (Phi) is 4.96. The second-order valence-electron chi connectivity index (χ2n) is 1.97. The van der Waals surface area contributed by atoms with Gasteiger partial charge in [0.05, 0.1) is 6.61 Å². The van der Waals surface area contributed by atoms with Crippen LogP contribution < -0.4 is 0 Å². The summed E-state index contributed by atoms with van der Waals surface area (Å²) in [7, 11) is 0. The van der Waals surface area contributed by atoms with E-state index >= 15 is 0 Å². The average Bonchev–Trinajstić information content (AvgIpc) is 2.05. The third-order valence-corrected chi connectivity index (χ3v) is 0.959. The van der Waals surface area contributed by atoms with Crippen LogP contribution in [0.3, 0.4) is 0 Å². The van der Waals surface area contributed by atoms with Gasteiger partial charge < -0.3 is 9.47 Å². The summed E-state index contributed by atoms with van der Waals surface area (Å²) >= 11 is 0. The number of carbonyl (C=O) groups excluding carboxylic acids is 2. The molecule has 0 saturated carbocycles. The van der Waals surface area contributed by atoms with Crippen LogP contribution in [0.25, 0.3) is 0 Å². The predicted octanol–water partition coefficient (Wildman–Crippen LogP) is 0.520. The molecule has 0 rings (SSSR count). The van der Waals surface area contributed by atoms with Crippen molar-refractivity contribution in [3.63, 3.8) is 0 Å². The zero-order chi connectivity index (χ0) is 10.3. The molecule has 0 aliphatic rings. The topological polar surface area (TPSA) is 76.4 Å². The number of ether oxygens (including phenoxy) is 2. The minimum Gasteiger partial charge on any atom is -0.462 e. The summed E-state index contributed by atoms with van der Waals surface area (Å²) in [4.78, 5) is 21.2. The number of nitrogens with zero attached hydrogens (tertiary/aromatic N) is 1. The van der Waals surface area contributed by atoms with Crippen LogP contribution in [0.2, 0.25) is 0 Å². The van der Waals surface area contributed by atoms with Gasteiger partial charge in [0.15, 0.2) is 5.57 Å². The second kappa shape index (κ2) is 5.77. The first-order valence-corrected chi connectivity index (χ1v) is 3.56. The van der Waals surface area contributed by atoms with E-state index in [4.69, 9.17) is 5.26 Å². The molecule has 70 valence electrons. The first kappa shape index (κ1) is 11.2. The van der Waals surface area contributed by atoms with Crippen molar-refractivity contribution in [3.8, 4) is 6.07 Å². The molecule has 0 saturated heterocycles. The van der Waals surface area contributed by atoms with E-state index in [0.29, 0.717) is 0 Å². The lowest BCUT2D eigenvalue weighted by molar-refractivity contribution is -0.138. The van der Waals surface area contributed by atoms with E-state index in [0.717, 1.165) is 13.2 Å². The molecule has 0 aliphatic carbocycles. The second-order valence-corrected chi connectivity index (χ2v) is 1.97. The van der Waals surface area contributed by atoms with Crippen molar-refractivity contribution in [2.24, 2.45) is 0 Å². The van der Waals surface area contributed by atoms with Crippen molar-refractivity contribution in [1.29, 1.82) is 5.26 Å². The number of esters is 2. The Balaban J connectivity index is 4.34. The van der Waals surface area contributed by atoms with Crippen LogP contribution in [0.5, 0.6) is 0 Å². The van der Waals surface area contributed by atoms with Crippen molar-refractivity contribution < 1.29 is 19.1 Å². The maximum atomic E-state index is 10.9. The van der Waals surface area contributed by atoms with E-state index < -0.39 is 11.9 Å². The number of carbonyl (C=O) groups is 2. The van der Waals surface area contributed by atoms with Gasteiger partial charge in [-0.3, -0.25) is 4.79 Å². The van der Waals surface area contributed by atoms with Crippen molar-refractivity contribution in [2.45, 2.75) is 13.8 Å². The number of hydrogen-bond acceptors (Lipinski definition) is 5. The highest BCUT2D eigenvalue weighted by Crippen LogP contribution is 1.97. The van der Waals surface area contributed by atoms with Crippen LogP contribution in [-0.4, -0.2) is 18.5 Å². The van der Waals surface area contributed by atoms with Crippen LogP contribution in [0.4, 0.5) is 0 Å². The van der Waals surface area contributed by atoms with Crippen molar-refractivity contribution >= 4 is 11.9 Å². The van der Waals surface area contributed by atoms with Crippen LogP contribution in [0, 0.1) is 11.3 Å². The highest BCUT2D eigenvalue weighted by molar-refractivity contribution is 5.92. The zero-order valence-electron chi connectivity index (χ0n) is 7.36. The van der Waals surface area contributed by atoms with Crippen molar-refractivity contribution in [1.82, 2.24) is 0 Å². The van der Waals surface area contributed by atoms with Crippen LogP contribution in [-0.2, 0) is 19.1 Å². The van der Waals surface area contributed by atoms with E-state index in [9.17, 15) is 9.59 Å². The molecular weight excluding hydrogens is 174 g/mol. The molecule has 0 radical (unpaired) electrons. The highest BCUT2D eigenvalue weighted by Gasteiger charge is 2.10. The molecule has 5 nitrogen and oxygen atoms in total. The highest BCUT2D eigenvalue weighted by atomic mass is 16.5. The monoisotopic (exact) mass is 183 g/mol. The maximum absolute atomic E-state index is 10.9. The molecule has 13 heavy (non-hydrogen) atoms. The molecule has 0 aromatic rings. The largest absolute Gasteiger partial charge is 0.462 e. The minimum atomic E-state index is -0.800. The summed E-state index contributed by atoms with van der Waals surface area (Å²) in [6.45, 7) is 2.94. The predicted molar refractivity (Wildman–Crippen MR) is 42.1 cm³/mol. The molecule has 0 aromatic carbocycles. The Hall–Kier alpha value is -1.83. The van der Waals surface area contributed by atoms with Gasteiger partial charge in [0.25, 0.3) is 0 Å². The summed E-state index contributed by atoms with van der Waals surface area (Å²) in [5.74, 6) is -1.40. The molecule has 0 heterocycles. The molecule has 0 aliphatic heterocycles. The van der Waals surface area contributed by atoms with E-state index in [1.807, 2.05) is 0 Å². The summed E-state index contributed by atoms with van der Waals surface area (Å²) in [5.41, 5.74) is -0.336. The molecule has 0 spiro atoms. The average molecular weight is 183 g/mol. The molecule has 0 unspecified atom stereocenters. The first-order chi connectivity index (χ1) is 6.11. The smallest absolute Gasteiger partial charge is 0.352 e. The quantitative estimate of drug-likeness (QED) is 0.276. The summed E-state index contributed by atoms with van der Waals surface area (Å²) < 4.78 is 8.84. The standard InChI is InChI=1S/C8H9NO4/c1-3-12-8(11)7(4-9)5-13-6(2)10/h5H,3H2,1-2H3. The molecule has 0 amide bonds. The zero-order valence-corrected chi connectivity index (χ0v) is 7.36. The fourth-order valence-electron chi connectivity index (χ4n) is 0.471. The Bertz CT molecular complexity index is 274. The summed E-state index contributed by atoms with van der Waals surface area (Å²) in [6.07, 6.45) is 0.778. The number of hydrogen-bond donors (Lipinski definition) is 0. The van der Waals surface area contributed by atoms with Gasteiger partial charge >= 0.3 is 11.9 Å². The Morgan fingerprint density at radius 1 is 1.54 bits per heavy atom. The van der Waals surface area contributed by atoms with Gasteiger partial charge in [0, 0.05) is 6.92 Å². The molecule has 0 bridgehead atoms. The minimum absolute atomic E-state index is 0.165. The SMILES string of the molecule is CCOC(=O)C(C#N)=COC(C)=O. The van der Waals surface area contributed by atoms with Gasteiger partial charge in [-0.05, 0) is 6.92 Å². The van der Waals surface area contributed by atoms with Gasteiger partial charge in [0.1, 0.15) is 12.3 Å². The van der Waals surface area contributed by atoms with Crippen LogP contribution >= 0.6 is 0 Å². The molecular formula is C8H9NO4. The van der Waals surface area contributed by atoms with E-state index in [-0.39, 0.29) is 12.2 Å². The van der Waals surface area contributed by atoms with E-state index in [2.05, 4.69) is 9.47 Å². The fraction of sp³-hybridized carbons (Fsp3) is 0.375. The molecule has 0 N–H and O–H groups in total. The third-order valence-electron chi connectivity index (χ3n) is 0.959. The van der Waals surface area contributed by atoms with Crippen LogP contribution in [0.15, 0.2) is 11.8 Å². The van der Waals surface area contributed by atoms with Gasteiger partial charge in [0.2, 0.25) is 0 Å². The first-order valence-electron chi connectivity index (χ1n) is 3.56. The Morgan fingerprint density at radius 3 is 2.54 bits per heavy atom. The number of rotatable bonds is 3. The fourth-order valence-corrected chi connectivity index (χ4v) is 0.471. The normalized spacial score (nSPS) is 10.1. The Morgan fingerprint density at radius 2 is 2.15 bits per heavy atom. The molecule has 0 aromatic heterocycles. The van der Waals surface area contributed by atoms with Crippen molar-refractivity contribution in [2.75, 3.05) is 6.61 Å². The van der Waals surface area contributed by atoms with Crippen LogP contribution in [0.1, 0.15) is 13.8 Å². The van der Waals surface area contributed by atoms with Gasteiger partial charge in [-0.15, -0.1) is 0 Å². The summed E-state index contributed by atoms with van der Waals surface area (Å²) in [6, 6.07) is 1.55. The third kappa shape index (κ3) is 4.58. The van der Waals surface area contributed by atoms with E-state index in [1.165, 1.54) is 0 Å². The van der Waals surface area contributed by atoms with Gasteiger partial charge in [-0.2, -0.15) is 5.26 Å².